The van der Waals surface area contributed by atoms with Crippen molar-refractivity contribution in [2.24, 2.45) is 4.99 Å². The quantitative estimate of drug-likeness (QED) is 0.778. The van der Waals surface area contributed by atoms with E-state index >= 15 is 0 Å². The van der Waals surface area contributed by atoms with Crippen molar-refractivity contribution < 1.29 is 4.79 Å². The molecule has 0 aromatic heterocycles. The maximum absolute atomic E-state index is 11.4. The fourth-order valence-electron chi connectivity index (χ4n) is 1.52. The second-order valence-electron chi connectivity index (χ2n) is 5.07. The number of nitrogens with zero attached hydrogens (tertiary/aromatic N) is 1. The summed E-state index contributed by atoms with van der Waals surface area (Å²) in [5.74, 6) is 1.11. The van der Waals surface area contributed by atoms with Gasteiger partial charge >= 0.3 is 0 Å². The predicted molar refractivity (Wildman–Crippen MR) is 67.8 cm³/mol. The first kappa shape index (κ1) is 11.8. The Morgan fingerprint density at radius 2 is 2.38 bits per heavy atom. The van der Waals surface area contributed by atoms with Gasteiger partial charge in [0.05, 0.1) is 0 Å². The molecule has 0 atom stereocenters. The molecule has 0 bridgehead atoms. The van der Waals surface area contributed by atoms with E-state index in [1.165, 1.54) is 0 Å². The average Bonchev–Trinajstić information content (AvgIpc) is 2.97. The van der Waals surface area contributed by atoms with Crippen LogP contribution < -0.4 is 10.6 Å². The summed E-state index contributed by atoms with van der Waals surface area (Å²) in [6.45, 7) is 4.57. The summed E-state index contributed by atoms with van der Waals surface area (Å²) in [4.78, 5) is 15.8. The molecule has 2 N–H and O–H groups in total. The first-order valence-electron chi connectivity index (χ1n) is 5.80. The molecule has 2 aliphatic rings. The largest absolute Gasteiger partial charge is 0.360 e. The number of carbonyl (C=O) groups is 1. The van der Waals surface area contributed by atoms with Crippen molar-refractivity contribution in [1.29, 1.82) is 0 Å². The van der Waals surface area contributed by atoms with Gasteiger partial charge in [-0.15, -0.1) is 0 Å². The van der Waals surface area contributed by atoms with Gasteiger partial charge in [0.15, 0.2) is 5.17 Å². The van der Waals surface area contributed by atoms with Crippen LogP contribution in [0.3, 0.4) is 0 Å². The van der Waals surface area contributed by atoms with Gasteiger partial charge in [-0.05, 0) is 33.1 Å². The molecular weight excluding hydrogens is 222 g/mol. The molecule has 16 heavy (non-hydrogen) atoms. The highest BCUT2D eigenvalue weighted by Gasteiger charge is 2.25. The van der Waals surface area contributed by atoms with E-state index in [-0.39, 0.29) is 18.0 Å². The molecule has 1 saturated carbocycles. The lowest BCUT2D eigenvalue weighted by molar-refractivity contribution is -0.119. The molecule has 5 heteroatoms. The summed E-state index contributed by atoms with van der Waals surface area (Å²) in [7, 11) is 0. The topological polar surface area (TPSA) is 53.5 Å². The number of nitrogens with one attached hydrogen (secondary N) is 2. The number of carbonyl (C=O) groups excluding carboxylic acids is 1. The van der Waals surface area contributed by atoms with Gasteiger partial charge in [-0.3, -0.25) is 9.79 Å². The zero-order valence-electron chi connectivity index (χ0n) is 9.88. The molecule has 1 saturated heterocycles. The highest BCUT2D eigenvalue weighted by atomic mass is 32.2. The number of rotatable bonds is 3. The lowest BCUT2D eigenvalue weighted by atomic mass is 10.0. The monoisotopic (exact) mass is 241 g/mol. The minimum absolute atomic E-state index is 0.0424. The van der Waals surface area contributed by atoms with Gasteiger partial charge in [-0.1, -0.05) is 11.8 Å². The molecule has 0 aromatic rings. The summed E-state index contributed by atoms with van der Waals surface area (Å²) in [6.07, 6.45) is 3.38. The maximum atomic E-state index is 11.4. The number of thioether (sulfide) groups is 1. The van der Waals surface area contributed by atoms with Crippen LogP contribution in [0, 0.1) is 0 Å². The van der Waals surface area contributed by atoms with Gasteiger partial charge < -0.3 is 10.6 Å². The fourth-order valence-corrected chi connectivity index (χ4v) is 2.83. The van der Waals surface area contributed by atoms with E-state index in [9.17, 15) is 4.79 Å². The Hall–Kier alpha value is -0.710. The summed E-state index contributed by atoms with van der Waals surface area (Å²) in [5, 5.41) is 7.19. The van der Waals surface area contributed by atoms with Crippen molar-refractivity contribution in [2.45, 2.75) is 44.7 Å². The second-order valence-corrected chi connectivity index (χ2v) is 6.15. The predicted octanol–water partition coefficient (Wildman–Crippen LogP) is 1.13. The van der Waals surface area contributed by atoms with Crippen LogP contribution in [0.4, 0.5) is 0 Å². The van der Waals surface area contributed by atoms with Crippen molar-refractivity contribution in [3.8, 4) is 0 Å². The Kier molecular flexibility index (Phi) is 3.42. The molecule has 2 rings (SSSR count). The van der Waals surface area contributed by atoms with Crippen LogP contribution in [0.25, 0.3) is 0 Å². The molecule has 1 aliphatic carbocycles. The average molecular weight is 241 g/mol. The van der Waals surface area contributed by atoms with Crippen LogP contribution in [0.1, 0.15) is 33.1 Å². The van der Waals surface area contributed by atoms with Gasteiger partial charge in [-0.2, -0.15) is 0 Å². The molecular formula is C11H19N3OS. The Bertz CT molecular complexity index is 310. The molecule has 0 unspecified atom stereocenters. The van der Waals surface area contributed by atoms with Crippen LogP contribution in [-0.4, -0.2) is 35.0 Å². The zero-order chi connectivity index (χ0) is 11.6. The summed E-state index contributed by atoms with van der Waals surface area (Å²) in [5.41, 5.74) is 0.108. The maximum Gasteiger partial charge on any atom is 0.241 e. The molecule has 4 nitrogen and oxygen atoms in total. The molecule has 1 heterocycles. The van der Waals surface area contributed by atoms with Crippen molar-refractivity contribution in [3.05, 3.63) is 0 Å². The summed E-state index contributed by atoms with van der Waals surface area (Å²) >= 11 is 1.70. The van der Waals surface area contributed by atoms with Crippen molar-refractivity contribution >= 4 is 22.8 Å². The van der Waals surface area contributed by atoms with Gasteiger partial charge in [-0.25, -0.2) is 0 Å². The molecule has 90 valence electrons. The standard InChI is InChI=1S/C11H19N3OS/c1-11(2)5-6-16-10(14-11)12-7-9(15)13-8-3-4-8/h8H,3-7H2,1-2H3,(H,12,14)(H,13,15). The summed E-state index contributed by atoms with van der Waals surface area (Å²) < 4.78 is 0. The second kappa shape index (κ2) is 4.65. The van der Waals surface area contributed by atoms with Gasteiger partial charge in [0.2, 0.25) is 5.91 Å². The SMILES string of the molecule is CC1(C)CCSC(=NCC(=O)NC2CC2)N1. The smallest absolute Gasteiger partial charge is 0.241 e. The van der Waals surface area contributed by atoms with Crippen molar-refractivity contribution in [3.63, 3.8) is 0 Å². The number of hydrogen-bond donors (Lipinski definition) is 2. The van der Waals surface area contributed by atoms with Crippen LogP contribution in [0.15, 0.2) is 4.99 Å². The Morgan fingerprint density at radius 1 is 1.62 bits per heavy atom. The zero-order valence-corrected chi connectivity index (χ0v) is 10.7. The normalized spacial score (nSPS) is 26.2. The Balaban J connectivity index is 1.79. The van der Waals surface area contributed by atoms with E-state index < -0.39 is 0 Å². The number of amidine groups is 1. The first-order valence-corrected chi connectivity index (χ1v) is 6.78. The lowest BCUT2D eigenvalue weighted by Crippen LogP contribution is -2.46. The van der Waals surface area contributed by atoms with Crippen LogP contribution >= 0.6 is 11.8 Å². The molecule has 2 fully saturated rings. The summed E-state index contributed by atoms with van der Waals surface area (Å²) in [6, 6.07) is 0.427. The minimum Gasteiger partial charge on any atom is -0.360 e. The van der Waals surface area contributed by atoms with Gasteiger partial charge in [0.1, 0.15) is 6.54 Å². The van der Waals surface area contributed by atoms with Crippen LogP contribution in [0.2, 0.25) is 0 Å². The van der Waals surface area contributed by atoms with Crippen LogP contribution in [-0.2, 0) is 4.79 Å². The van der Waals surface area contributed by atoms with E-state index in [2.05, 4.69) is 29.5 Å². The van der Waals surface area contributed by atoms with E-state index in [0.717, 1.165) is 30.2 Å². The van der Waals surface area contributed by atoms with E-state index in [0.29, 0.717) is 6.04 Å². The highest BCUT2D eigenvalue weighted by molar-refractivity contribution is 8.13. The van der Waals surface area contributed by atoms with E-state index in [1.807, 2.05) is 0 Å². The van der Waals surface area contributed by atoms with E-state index in [4.69, 9.17) is 0 Å². The van der Waals surface area contributed by atoms with Gasteiger partial charge in [0, 0.05) is 17.3 Å². The molecule has 0 aromatic carbocycles. The molecule has 0 radical (unpaired) electrons. The van der Waals surface area contributed by atoms with Crippen molar-refractivity contribution in [2.75, 3.05) is 12.3 Å². The first-order chi connectivity index (χ1) is 7.55. The third-order valence-corrected chi connectivity index (χ3v) is 3.63. The number of amides is 1. The lowest BCUT2D eigenvalue weighted by Gasteiger charge is -2.32. The minimum atomic E-state index is 0.0424. The van der Waals surface area contributed by atoms with Gasteiger partial charge in [0.25, 0.3) is 0 Å². The van der Waals surface area contributed by atoms with Crippen LogP contribution in [0.5, 0.6) is 0 Å². The highest BCUT2D eigenvalue weighted by Crippen LogP contribution is 2.21. The number of hydrogen-bond acceptors (Lipinski definition) is 3. The third-order valence-electron chi connectivity index (χ3n) is 2.72. The Morgan fingerprint density at radius 3 is 3.00 bits per heavy atom. The fraction of sp³-hybridized carbons (Fsp3) is 0.818. The number of aliphatic imine (C=N–C) groups is 1. The van der Waals surface area contributed by atoms with Crippen molar-refractivity contribution in [1.82, 2.24) is 10.6 Å². The molecule has 1 aliphatic heterocycles. The molecule has 1 amide bonds. The Labute approximate surface area is 101 Å². The van der Waals surface area contributed by atoms with E-state index in [1.54, 1.807) is 11.8 Å². The molecule has 0 spiro atoms. The third kappa shape index (κ3) is 3.70.